The molecule has 2 rings (SSSR count). The lowest BCUT2D eigenvalue weighted by molar-refractivity contribution is 0.0437. The first-order valence-corrected chi connectivity index (χ1v) is 8.42. The van der Waals surface area contributed by atoms with Gasteiger partial charge in [0.2, 0.25) is 0 Å². The number of benzene rings is 1. The molecule has 2 aromatic rings. The molecular formula is C18H25ClIN3O2. The summed E-state index contributed by atoms with van der Waals surface area (Å²) in [5, 5.41) is 17.6. The van der Waals surface area contributed by atoms with E-state index in [0.29, 0.717) is 11.7 Å². The summed E-state index contributed by atoms with van der Waals surface area (Å²) in [6.45, 7) is 5.34. The van der Waals surface area contributed by atoms with Crippen molar-refractivity contribution in [1.29, 1.82) is 0 Å². The van der Waals surface area contributed by atoms with Gasteiger partial charge in [0.15, 0.2) is 5.96 Å². The van der Waals surface area contributed by atoms with Crippen molar-refractivity contribution >= 4 is 41.5 Å². The van der Waals surface area contributed by atoms with Crippen LogP contribution in [0, 0.1) is 0 Å². The highest BCUT2D eigenvalue weighted by molar-refractivity contribution is 14.0. The maximum absolute atomic E-state index is 10.5. The van der Waals surface area contributed by atoms with Crippen molar-refractivity contribution in [2.75, 3.05) is 19.6 Å². The molecule has 0 saturated carbocycles. The third-order valence-electron chi connectivity index (χ3n) is 3.54. The summed E-state index contributed by atoms with van der Waals surface area (Å²) in [7, 11) is 0. The molecule has 0 saturated heterocycles. The van der Waals surface area contributed by atoms with Gasteiger partial charge in [0.05, 0.1) is 12.8 Å². The molecule has 0 aliphatic carbocycles. The fourth-order valence-electron chi connectivity index (χ4n) is 2.26. The van der Waals surface area contributed by atoms with Gasteiger partial charge in [0, 0.05) is 18.1 Å². The minimum Gasteiger partial charge on any atom is -0.466 e. The summed E-state index contributed by atoms with van der Waals surface area (Å²) in [4.78, 5) is 4.45. The number of aliphatic imine (C=N–C) groups is 1. The molecule has 5 nitrogen and oxygen atoms in total. The number of aliphatic hydroxyl groups is 1. The van der Waals surface area contributed by atoms with Gasteiger partial charge in [-0.25, -0.2) is 4.99 Å². The number of nitrogens with one attached hydrogen (secondary N) is 2. The van der Waals surface area contributed by atoms with E-state index in [2.05, 4.69) is 15.6 Å². The predicted octanol–water partition coefficient (Wildman–Crippen LogP) is 3.56. The van der Waals surface area contributed by atoms with Crippen LogP contribution >= 0.6 is 35.6 Å². The minimum atomic E-state index is -1.14. The standard InChI is InChI=1S/C18H24ClN3O2.HI/c1-3-20-17(21-10-9-14-6-4-7-15(19)12-14)22-13-18(2,23)16-8-5-11-24-16;/h4-8,11-12,23H,3,9-10,13H2,1-2H3,(H2,20,21,22);1H. The van der Waals surface area contributed by atoms with E-state index in [0.717, 1.165) is 30.1 Å². The van der Waals surface area contributed by atoms with Crippen molar-refractivity contribution < 1.29 is 9.52 Å². The lowest BCUT2D eigenvalue weighted by Gasteiger charge is -2.19. The minimum absolute atomic E-state index is 0. The zero-order valence-corrected chi connectivity index (χ0v) is 17.5. The second-order valence-corrected chi connectivity index (χ2v) is 6.19. The number of hydrogen-bond acceptors (Lipinski definition) is 3. The first-order valence-electron chi connectivity index (χ1n) is 8.04. The molecule has 0 radical (unpaired) electrons. The number of nitrogens with zero attached hydrogens (tertiary/aromatic N) is 1. The average molecular weight is 478 g/mol. The monoisotopic (exact) mass is 477 g/mol. The van der Waals surface area contributed by atoms with Crippen LogP contribution in [0.15, 0.2) is 52.1 Å². The van der Waals surface area contributed by atoms with Crippen LogP contribution in [-0.4, -0.2) is 30.7 Å². The van der Waals surface area contributed by atoms with Gasteiger partial charge in [-0.2, -0.15) is 0 Å². The maximum Gasteiger partial charge on any atom is 0.191 e. The van der Waals surface area contributed by atoms with Gasteiger partial charge in [-0.1, -0.05) is 23.7 Å². The lowest BCUT2D eigenvalue weighted by atomic mass is 10.0. The Bertz CT molecular complexity index is 660. The van der Waals surface area contributed by atoms with Crippen LogP contribution in [0.25, 0.3) is 0 Å². The van der Waals surface area contributed by atoms with Crippen LogP contribution in [0.3, 0.4) is 0 Å². The maximum atomic E-state index is 10.5. The van der Waals surface area contributed by atoms with E-state index in [4.69, 9.17) is 16.0 Å². The summed E-state index contributed by atoms with van der Waals surface area (Å²) in [6, 6.07) is 11.3. The van der Waals surface area contributed by atoms with Crippen LogP contribution in [0.5, 0.6) is 0 Å². The van der Waals surface area contributed by atoms with E-state index in [-0.39, 0.29) is 30.5 Å². The predicted molar refractivity (Wildman–Crippen MR) is 113 cm³/mol. The van der Waals surface area contributed by atoms with E-state index >= 15 is 0 Å². The highest BCUT2D eigenvalue weighted by Gasteiger charge is 2.25. The summed E-state index contributed by atoms with van der Waals surface area (Å²) >= 11 is 5.99. The molecule has 0 fully saturated rings. The van der Waals surface area contributed by atoms with Crippen LogP contribution < -0.4 is 10.6 Å². The molecule has 1 unspecified atom stereocenters. The van der Waals surface area contributed by atoms with Crippen molar-refractivity contribution in [3.63, 3.8) is 0 Å². The van der Waals surface area contributed by atoms with Crippen molar-refractivity contribution in [3.05, 3.63) is 59.0 Å². The van der Waals surface area contributed by atoms with Crippen LogP contribution in [0.4, 0.5) is 0 Å². The molecule has 3 N–H and O–H groups in total. The molecule has 0 aliphatic heterocycles. The largest absolute Gasteiger partial charge is 0.466 e. The highest BCUT2D eigenvalue weighted by atomic mass is 127. The Morgan fingerprint density at radius 2 is 2.08 bits per heavy atom. The van der Waals surface area contributed by atoms with Crippen molar-refractivity contribution in [1.82, 2.24) is 10.6 Å². The van der Waals surface area contributed by atoms with Gasteiger partial charge < -0.3 is 20.2 Å². The third kappa shape index (κ3) is 7.25. The van der Waals surface area contributed by atoms with Gasteiger partial charge in [0.25, 0.3) is 0 Å². The SMILES string of the molecule is CCNC(=NCC(C)(O)c1ccco1)NCCc1cccc(Cl)c1.I. The van der Waals surface area contributed by atoms with E-state index in [1.807, 2.05) is 31.2 Å². The summed E-state index contributed by atoms with van der Waals surface area (Å²) in [5.41, 5.74) is 0.0205. The highest BCUT2D eigenvalue weighted by Crippen LogP contribution is 2.21. The summed E-state index contributed by atoms with van der Waals surface area (Å²) in [5.74, 6) is 1.16. The Morgan fingerprint density at radius 3 is 2.72 bits per heavy atom. The van der Waals surface area contributed by atoms with Crippen LogP contribution in [-0.2, 0) is 12.0 Å². The zero-order valence-electron chi connectivity index (χ0n) is 14.5. The number of guanidine groups is 1. The van der Waals surface area contributed by atoms with Crippen molar-refractivity contribution in [3.8, 4) is 0 Å². The van der Waals surface area contributed by atoms with E-state index in [1.54, 1.807) is 25.3 Å². The van der Waals surface area contributed by atoms with Crippen LogP contribution in [0.1, 0.15) is 25.2 Å². The molecule has 0 bridgehead atoms. The number of furan rings is 1. The number of hydrogen-bond donors (Lipinski definition) is 3. The number of rotatable bonds is 7. The Balaban J connectivity index is 0.00000312. The van der Waals surface area contributed by atoms with Crippen molar-refractivity contribution in [2.45, 2.75) is 25.9 Å². The molecule has 1 atom stereocenters. The molecule has 1 heterocycles. The van der Waals surface area contributed by atoms with Gasteiger partial charge in [-0.05, 0) is 50.1 Å². The first-order chi connectivity index (χ1) is 11.5. The van der Waals surface area contributed by atoms with Crippen LogP contribution in [0.2, 0.25) is 5.02 Å². The Hall–Kier alpha value is -1.25. The number of halogens is 2. The fraction of sp³-hybridized carbons (Fsp3) is 0.389. The second kappa shape index (κ2) is 10.7. The second-order valence-electron chi connectivity index (χ2n) is 5.75. The topological polar surface area (TPSA) is 69.8 Å². The quantitative estimate of drug-likeness (QED) is 0.324. The average Bonchev–Trinajstić information content (AvgIpc) is 3.08. The summed E-state index contributed by atoms with van der Waals surface area (Å²) in [6.07, 6.45) is 2.38. The lowest BCUT2D eigenvalue weighted by Crippen LogP contribution is -2.39. The Labute approximate surface area is 170 Å². The molecule has 25 heavy (non-hydrogen) atoms. The van der Waals surface area contributed by atoms with Crippen molar-refractivity contribution in [2.24, 2.45) is 4.99 Å². The van der Waals surface area contributed by atoms with Gasteiger partial charge in [0.1, 0.15) is 11.4 Å². The molecule has 0 aliphatic rings. The Kier molecular flexibility index (Phi) is 9.31. The van der Waals surface area contributed by atoms with Gasteiger partial charge >= 0.3 is 0 Å². The summed E-state index contributed by atoms with van der Waals surface area (Å²) < 4.78 is 5.27. The Morgan fingerprint density at radius 1 is 1.28 bits per heavy atom. The van der Waals surface area contributed by atoms with E-state index in [9.17, 15) is 5.11 Å². The molecule has 1 aromatic carbocycles. The zero-order chi connectivity index (χ0) is 17.4. The fourth-order valence-corrected chi connectivity index (χ4v) is 2.47. The molecule has 138 valence electrons. The first kappa shape index (κ1) is 21.8. The molecule has 0 amide bonds. The van der Waals surface area contributed by atoms with E-state index in [1.165, 1.54) is 0 Å². The molecule has 0 spiro atoms. The van der Waals surface area contributed by atoms with Gasteiger partial charge in [-0.3, -0.25) is 0 Å². The molecule has 7 heteroatoms. The normalized spacial score (nSPS) is 13.7. The molecular weight excluding hydrogens is 453 g/mol. The van der Waals surface area contributed by atoms with Gasteiger partial charge in [-0.15, -0.1) is 24.0 Å². The third-order valence-corrected chi connectivity index (χ3v) is 3.77. The molecule has 1 aromatic heterocycles. The smallest absolute Gasteiger partial charge is 0.191 e. The van der Waals surface area contributed by atoms with E-state index < -0.39 is 5.60 Å².